The van der Waals surface area contributed by atoms with Crippen LogP contribution in [0.3, 0.4) is 0 Å². The summed E-state index contributed by atoms with van der Waals surface area (Å²) in [6.07, 6.45) is 1.20. The van der Waals surface area contributed by atoms with Crippen molar-refractivity contribution in [3.8, 4) is 0 Å². The largest absolute Gasteiger partial charge is 0.379 e. The topological polar surface area (TPSA) is 45.7 Å². The molecule has 5 heteroatoms. The van der Waals surface area contributed by atoms with Crippen LogP contribution in [-0.2, 0) is 11.3 Å². The molecule has 0 atom stereocenters. The van der Waals surface area contributed by atoms with Gasteiger partial charge in [0.15, 0.2) is 5.96 Å². The van der Waals surface area contributed by atoms with Crippen LogP contribution in [0.25, 0.3) is 0 Å². The monoisotopic (exact) mass is 295 g/mol. The molecular formula is C16H26FN3O. The lowest BCUT2D eigenvalue weighted by molar-refractivity contribution is 0.0776. The number of hydrogen-bond donors (Lipinski definition) is 2. The Hall–Kier alpha value is -1.62. The molecule has 0 bridgehead atoms. The zero-order chi connectivity index (χ0) is 15.5. The third kappa shape index (κ3) is 8.30. The van der Waals surface area contributed by atoms with Crippen molar-refractivity contribution in [3.05, 3.63) is 35.6 Å². The van der Waals surface area contributed by atoms with Crippen LogP contribution in [0.15, 0.2) is 29.3 Å². The van der Waals surface area contributed by atoms with E-state index >= 15 is 0 Å². The van der Waals surface area contributed by atoms with E-state index in [0.717, 1.165) is 37.6 Å². The molecule has 0 aliphatic carbocycles. The van der Waals surface area contributed by atoms with E-state index in [1.165, 1.54) is 12.1 Å². The quantitative estimate of drug-likeness (QED) is 0.440. The molecule has 0 saturated carbocycles. The smallest absolute Gasteiger partial charge is 0.191 e. The van der Waals surface area contributed by atoms with Gasteiger partial charge in [0.25, 0.3) is 0 Å². The van der Waals surface area contributed by atoms with Crippen molar-refractivity contribution >= 4 is 5.96 Å². The van der Waals surface area contributed by atoms with Crippen LogP contribution in [0.2, 0.25) is 0 Å². The van der Waals surface area contributed by atoms with Crippen molar-refractivity contribution in [1.29, 1.82) is 0 Å². The Morgan fingerprint density at radius 3 is 2.57 bits per heavy atom. The van der Waals surface area contributed by atoms with Gasteiger partial charge in [-0.25, -0.2) is 9.38 Å². The first kappa shape index (κ1) is 17.4. The van der Waals surface area contributed by atoms with E-state index in [9.17, 15) is 4.39 Å². The van der Waals surface area contributed by atoms with E-state index in [1.54, 1.807) is 12.1 Å². The number of benzene rings is 1. The zero-order valence-electron chi connectivity index (χ0n) is 13.2. The third-order valence-electron chi connectivity index (χ3n) is 2.74. The SMILES string of the molecule is CCNC(=NCc1ccc(F)cc1)NCCCOC(C)C. The van der Waals surface area contributed by atoms with Crippen molar-refractivity contribution in [2.45, 2.75) is 39.8 Å². The van der Waals surface area contributed by atoms with Crippen LogP contribution >= 0.6 is 0 Å². The van der Waals surface area contributed by atoms with E-state index in [4.69, 9.17) is 4.74 Å². The zero-order valence-corrected chi connectivity index (χ0v) is 13.2. The second-order valence-corrected chi connectivity index (χ2v) is 5.02. The van der Waals surface area contributed by atoms with Crippen molar-refractivity contribution in [2.24, 2.45) is 4.99 Å². The molecule has 2 N–H and O–H groups in total. The number of rotatable bonds is 8. The number of halogens is 1. The predicted octanol–water partition coefficient (Wildman–Crippen LogP) is 2.70. The summed E-state index contributed by atoms with van der Waals surface area (Å²) in [6, 6.07) is 6.40. The van der Waals surface area contributed by atoms with Gasteiger partial charge in [-0.05, 0) is 44.9 Å². The standard InChI is InChI=1S/C16H26FN3O/c1-4-18-16(19-10-5-11-21-13(2)3)20-12-14-6-8-15(17)9-7-14/h6-9,13H,4-5,10-12H2,1-3H3,(H2,18,19,20). The molecule has 0 spiro atoms. The minimum atomic E-state index is -0.224. The van der Waals surface area contributed by atoms with Crippen LogP contribution in [0, 0.1) is 5.82 Å². The Kier molecular flexibility index (Phi) is 8.43. The summed E-state index contributed by atoms with van der Waals surface area (Å²) in [5.74, 6) is 0.546. The highest BCUT2D eigenvalue weighted by Gasteiger charge is 1.98. The first-order valence-corrected chi connectivity index (χ1v) is 7.50. The average Bonchev–Trinajstić information content (AvgIpc) is 2.45. The molecule has 0 radical (unpaired) electrons. The highest BCUT2D eigenvalue weighted by molar-refractivity contribution is 5.79. The summed E-state index contributed by atoms with van der Waals surface area (Å²) in [6.45, 7) is 8.96. The van der Waals surface area contributed by atoms with Gasteiger partial charge < -0.3 is 15.4 Å². The Balaban J connectivity index is 2.37. The van der Waals surface area contributed by atoms with Crippen LogP contribution in [0.1, 0.15) is 32.8 Å². The van der Waals surface area contributed by atoms with Crippen LogP contribution in [0.4, 0.5) is 4.39 Å². The average molecular weight is 295 g/mol. The molecule has 21 heavy (non-hydrogen) atoms. The van der Waals surface area contributed by atoms with Gasteiger partial charge in [0.05, 0.1) is 12.6 Å². The Morgan fingerprint density at radius 1 is 1.24 bits per heavy atom. The summed E-state index contributed by atoms with van der Waals surface area (Å²) in [5.41, 5.74) is 0.983. The Bertz CT molecular complexity index is 418. The van der Waals surface area contributed by atoms with E-state index in [-0.39, 0.29) is 11.9 Å². The maximum atomic E-state index is 12.8. The normalized spacial score (nSPS) is 11.8. The second-order valence-electron chi connectivity index (χ2n) is 5.02. The summed E-state index contributed by atoms with van der Waals surface area (Å²) in [5, 5.41) is 6.45. The maximum absolute atomic E-state index is 12.8. The second kappa shape index (κ2) is 10.2. The molecule has 0 fully saturated rings. The van der Waals surface area contributed by atoms with Crippen molar-refractivity contribution < 1.29 is 9.13 Å². The van der Waals surface area contributed by atoms with Gasteiger partial charge in [0, 0.05) is 19.7 Å². The molecule has 0 aliphatic heterocycles. The Morgan fingerprint density at radius 2 is 1.95 bits per heavy atom. The maximum Gasteiger partial charge on any atom is 0.191 e. The third-order valence-corrected chi connectivity index (χ3v) is 2.74. The van der Waals surface area contributed by atoms with Crippen LogP contribution < -0.4 is 10.6 Å². The number of nitrogens with one attached hydrogen (secondary N) is 2. The van der Waals surface area contributed by atoms with Crippen molar-refractivity contribution in [3.63, 3.8) is 0 Å². The van der Waals surface area contributed by atoms with E-state index in [1.807, 2.05) is 20.8 Å². The molecule has 1 rings (SSSR count). The molecular weight excluding hydrogens is 269 g/mol. The van der Waals surface area contributed by atoms with E-state index in [2.05, 4.69) is 15.6 Å². The first-order chi connectivity index (χ1) is 10.1. The number of hydrogen-bond acceptors (Lipinski definition) is 2. The molecule has 0 saturated heterocycles. The van der Waals surface area contributed by atoms with Gasteiger partial charge in [-0.15, -0.1) is 0 Å². The number of aliphatic imine (C=N–C) groups is 1. The first-order valence-electron chi connectivity index (χ1n) is 7.50. The fourth-order valence-electron chi connectivity index (χ4n) is 1.70. The van der Waals surface area contributed by atoms with Gasteiger partial charge in [0.1, 0.15) is 5.82 Å². The number of nitrogens with zero attached hydrogens (tertiary/aromatic N) is 1. The van der Waals surface area contributed by atoms with Crippen molar-refractivity contribution in [2.75, 3.05) is 19.7 Å². The minimum Gasteiger partial charge on any atom is -0.379 e. The molecule has 0 aromatic heterocycles. The fraction of sp³-hybridized carbons (Fsp3) is 0.562. The fourth-order valence-corrected chi connectivity index (χ4v) is 1.70. The summed E-state index contributed by atoms with van der Waals surface area (Å²) < 4.78 is 18.3. The molecule has 0 heterocycles. The molecule has 0 aliphatic rings. The van der Waals surface area contributed by atoms with Gasteiger partial charge >= 0.3 is 0 Å². The minimum absolute atomic E-state index is 0.224. The lowest BCUT2D eigenvalue weighted by atomic mass is 10.2. The summed E-state index contributed by atoms with van der Waals surface area (Å²) in [7, 11) is 0. The Labute approximate surface area is 126 Å². The van der Waals surface area contributed by atoms with Crippen molar-refractivity contribution in [1.82, 2.24) is 10.6 Å². The van der Waals surface area contributed by atoms with Gasteiger partial charge in [-0.3, -0.25) is 0 Å². The summed E-state index contributed by atoms with van der Waals surface area (Å²) in [4.78, 5) is 4.48. The van der Waals surface area contributed by atoms with E-state index < -0.39 is 0 Å². The number of ether oxygens (including phenoxy) is 1. The van der Waals surface area contributed by atoms with Crippen LogP contribution in [0.5, 0.6) is 0 Å². The number of guanidine groups is 1. The van der Waals surface area contributed by atoms with Gasteiger partial charge in [0.2, 0.25) is 0 Å². The highest BCUT2D eigenvalue weighted by atomic mass is 19.1. The molecule has 1 aromatic carbocycles. The molecule has 0 unspecified atom stereocenters. The van der Waals surface area contributed by atoms with Crippen LogP contribution in [-0.4, -0.2) is 31.8 Å². The van der Waals surface area contributed by atoms with Gasteiger partial charge in [-0.2, -0.15) is 0 Å². The molecule has 4 nitrogen and oxygen atoms in total. The van der Waals surface area contributed by atoms with E-state index in [0.29, 0.717) is 6.54 Å². The molecule has 0 amide bonds. The predicted molar refractivity (Wildman–Crippen MR) is 84.9 cm³/mol. The summed E-state index contributed by atoms with van der Waals surface area (Å²) >= 11 is 0. The lowest BCUT2D eigenvalue weighted by Gasteiger charge is -2.12. The van der Waals surface area contributed by atoms with Gasteiger partial charge in [-0.1, -0.05) is 12.1 Å². The molecule has 1 aromatic rings. The lowest BCUT2D eigenvalue weighted by Crippen LogP contribution is -2.38. The molecule has 118 valence electrons. The highest BCUT2D eigenvalue weighted by Crippen LogP contribution is 2.03.